The molecule has 2 heterocycles. The molecule has 1 atom stereocenters. The van der Waals surface area contributed by atoms with E-state index in [1.54, 1.807) is 0 Å². The Morgan fingerprint density at radius 1 is 1.09 bits per heavy atom. The lowest BCUT2D eigenvalue weighted by molar-refractivity contribution is 0.202. The van der Waals surface area contributed by atoms with Gasteiger partial charge in [-0.1, -0.05) is 19.1 Å². The third-order valence-corrected chi connectivity index (χ3v) is 4.80. The topological polar surface area (TPSA) is 56.3 Å². The zero-order chi connectivity index (χ0) is 15.9. The second-order valence-electron chi connectivity index (χ2n) is 6.24. The summed E-state index contributed by atoms with van der Waals surface area (Å²) in [7, 11) is 1.50. The number of rotatable bonds is 2. The summed E-state index contributed by atoms with van der Waals surface area (Å²) in [5, 5.41) is 9.22. The highest BCUT2D eigenvalue weighted by Crippen LogP contribution is 2.28. The second-order valence-corrected chi connectivity index (χ2v) is 6.24. The quantitative estimate of drug-likeness (QED) is 0.911. The van der Waals surface area contributed by atoms with Crippen molar-refractivity contribution in [3.05, 3.63) is 29.8 Å². The number of hydrogen-bond donors (Lipinski definition) is 1. The Balaban J connectivity index is 0.000000847. The van der Waals surface area contributed by atoms with Gasteiger partial charge in [0.1, 0.15) is 6.07 Å². The molecule has 2 saturated heterocycles. The van der Waals surface area contributed by atoms with Crippen molar-refractivity contribution in [2.45, 2.75) is 32.2 Å². The van der Waals surface area contributed by atoms with Crippen LogP contribution in [0.25, 0.3) is 0 Å². The Morgan fingerprint density at radius 3 is 2.36 bits per heavy atom. The van der Waals surface area contributed by atoms with Gasteiger partial charge >= 0.3 is 0 Å². The molecule has 2 aliphatic heterocycles. The normalized spacial score (nSPS) is 22.8. The Morgan fingerprint density at radius 2 is 1.77 bits per heavy atom. The fourth-order valence-electron chi connectivity index (χ4n) is 3.62. The molecule has 0 saturated carbocycles. The summed E-state index contributed by atoms with van der Waals surface area (Å²) < 4.78 is 0. The van der Waals surface area contributed by atoms with Crippen LogP contribution in [0.15, 0.2) is 24.3 Å². The van der Waals surface area contributed by atoms with E-state index in [1.807, 2.05) is 18.2 Å². The van der Waals surface area contributed by atoms with Crippen LogP contribution in [0.4, 0.5) is 5.69 Å². The molecule has 2 N–H and O–H groups in total. The average molecular weight is 300 g/mol. The molecule has 0 amide bonds. The van der Waals surface area contributed by atoms with E-state index in [4.69, 9.17) is 0 Å². The minimum atomic E-state index is 0.755. The number of nitrogens with zero attached hydrogens (tertiary/aromatic N) is 3. The molecule has 22 heavy (non-hydrogen) atoms. The molecule has 1 unspecified atom stereocenters. The molecule has 0 spiro atoms. The van der Waals surface area contributed by atoms with Gasteiger partial charge in [-0.3, -0.25) is 4.90 Å². The standard InChI is InChI=1S/C17H23N3.CH5N/c1-14-6-9-20(13-14)16-7-10-19(11-8-16)17-5-3-2-4-15(17)12-18;1-2/h2-5,14,16H,6-11,13H2,1H3;2H2,1H3. The maximum atomic E-state index is 9.22. The first-order valence-corrected chi connectivity index (χ1v) is 8.34. The van der Waals surface area contributed by atoms with Crippen LogP contribution in [0.3, 0.4) is 0 Å². The van der Waals surface area contributed by atoms with Crippen LogP contribution in [-0.2, 0) is 0 Å². The van der Waals surface area contributed by atoms with E-state index in [0.717, 1.165) is 36.3 Å². The molecule has 0 aromatic heterocycles. The number of hydrogen-bond acceptors (Lipinski definition) is 4. The molecule has 120 valence electrons. The fraction of sp³-hybridized carbons (Fsp3) is 0.611. The van der Waals surface area contributed by atoms with Gasteiger partial charge in [0.15, 0.2) is 0 Å². The third kappa shape index (κ3) is 3.79. The van der Waals surface area contributed by atoms with Gasteiger partial charge in [0.2, 0.25) is 0 Å². The largest absolute Gasteiger partial charge is 0.370 e. The fourth-order valence-corrected chi connectivity index (χ4v) is 3.62. The highest BCUT2D eigenvalue weighted by Gasteiger charge is 2.29. The molecule has 4 nitrogen and oxygen atoms in total. The number of anilines is 1. The maximum Gasteiger partial charge on any atom is 0.101 e. The summed E-state index contributed by atoms with van der Waals surface area (Å²) >= 11 is 0. The van der Waals surface area contributed by atoms with E-state index in [2.05, 4.69) is 34.6 Å². The van der Waals surface area contributed by atoms with Crippen LogP contribution in [-0.4, -0.2) is 44.2 Å². The summed E-state index contributed by atoms with van der Waals surface area (Å²) in [4.78, 5) is 5.06. The van der Waals surface area contributed by atoms with Crippen molar-refractivity contribution < 1.29 is 0 Å². The van der Waals surface area contributed by atoms with Crippen LogP contribution < -0.4 is 10.6 Å². The first kappa shape index (κ1) is 16.8. The molecule has 0 radical (unpaired) electrons. The minimum absolute atomic E-state index is 0.755. The highest BCUT2D eigenvalue weighted by molar-refractivity contribution is 5.59. The van der Waals surface area contributed by atoms with E-state index in [-0.39, 0.29) is 0 Å². The molecule has 4 heteroatoms. The summed E-state index contributed by atoms with van der Waals surface area (Å²) in [5.74, 6) is 0.868. The predicted molar refractivity (Wildman–Crippen MR) is 91.9 cm³/mol. The highest BCUT2D eigenvalue weighted by atomic mass is 15.2. The number of nitriles is 1. The van der Waals surface area contributed by atoms with Crippen LogP contribution in [0.2, 0.25) is 0 Å². The van der Waals surface area contributed by atoms with Gasteiger partial charge in [-0.25, -0.2) is 0 Å². The Kier molecular flexibility index (Phi) is 6.23. The molecule has 3 rings (SSSR count). The Hall–Kier alpha value is -1.57. The maximum absolute atomic E-state index is 9.22. The van der Waals surface area contributed by atoms with Crippen molar-refractivity contribution in [2.75, 3.05) is 38.1 Å². The summed E-state index contributed by atoms with van der Waals surface area (Å²) in [6.07, 6.45) is 3.82. The molecular weight excluding hydrogens is 272 g/mol. The van der Waals surface area contributed by atoms with Crippen molar-refractivity contribution >= 4 is 5.69 Å². The number of benzene rings is 1. The first-order valence-electron chi connectivity index (χ1n) is 8.34. The molecule has 1 aromatic rings. The van der Waals surface area contributed by atoms with Gasteiger partial charge in [0, 0.05) is 25.7 Å². The smallest absolute Gasteiger partial charge is 0.101 e. The first-order chi connectivity index (χ1) is 10.8. The van der Waals surface area contributed by atoms with E-state index in [1.165, 1.54) is 39.4 Å². The summed E-state index contributed by atoms with van der Waals surface area (Å²) in [6, 6.07) is 11.0. The van der Waals surface area contributed by atoms with Gasteiger partial charge in [0.05, 0.1) is 11.3 Å². The van der Waals surface area contributed by atoms with Gasteiger partial charge in [-0.05, 0) is 50.9 Å². The zero-order valence-electron chi connectivity index (χ0n) is 13.8. The molecule has 1 aromatic carbocycles. The third-order valence-electron chi connectivity index (χ3n) is 4.80. The van der Waals surface area contributed by atoms with Gasteiger partial charge in [-0.2, -0.15) is 5.26 Å². The lowest BCUT2D eigenvalue weighted by atomic mass is 10.0. The average Bonchev–Trinajstić information content (AvgIpc) is 3.03. The van der Waals surface area contributed by atoms with Crippen LogP contribution in [0.1, 0.15) is 31.7 Å². The summed E-state index contributed by atoms with van der Waals surface area (Å²) in [6.45, 7) is 7.07. The van der Waals surface area contributed by atoms with E-state index >= 15 is 0 Å². The van der Waals surface area contributed by atoms with Crippen molar-refractivity contribution in [3.8, 4) is 6.07 Å². The Labute approximate surface area is 134 Å². The summed E-state index contributed by atoms with van der Waals surface area (Å²) in [5.41, 5.74) is 6.42. The lowest BCUT2D eigenvalue weighted by Crippen LogP contribution is -2.44. The number of piperidine rings is 1. The molecule has 0 bridgehead atoms. The number of para-hydroxylation sites is 1. The van der Waals surface area contributed by atoms with Gasteiger partial charge in [-0.15, -0.1) is 0 Å². The molecule has 0 aliphatic carbocycles. The SMILES string of the molecule is CC1CCN(C2CCN(c3ccccc3C#N)CC2)C1.CN. The van der Waals surface area contributed by atoms with E-state index in [9.17, 15) is 5.26 Å². The van der Waals surface area contributed by atoms with E-state index in [0.29, 0.717) is 0 Å². The second kappa shape index (κ2) is 8.17. The molecule has 2 fully saturated rings. The lowest BCUT2D eigenvalue weighted by Gasteiger charge is -2.38. The van der Waals surface area contributed by atoms with Crippen LogP contribution in [0, 0.1) is 17.2 Å². The molecule has 2 aliphatic rings. The predicted octanol–water partition coefficient (Wildman–Crippen LogP) is 2.44. The van der Waals surface area contributed by atoms with Crippen molar-refractivity contribution in [2.24, 2.45) is 11.7 Å². The Bertz CT molecular complexity index is 500. The van der Waals surface area contributed by atoms with Crippen LogP contribution >= 0.6 is 0 Å². The van der Waals surface area contributed by atoms with Gasteiger partial charge in [0.25, 0.3) is 0 Å². The monoisotopic (exact) mass is 300 g/mol. The van der Waals surface area contributed by atoms with Crippen molar-refractivity contribution in [1.82, 2.24) is 4.90 Å². The van der Waals surface area contributed by atoms with Crippen molar-refractivity contribution in [1.29, 1.82) is 5.26 Å². The zero-order valence-corrected chi connectivity index (χ0v) is 13.8. The van der Waals surface area contributed by atoms with Gasteiger partial charge < -0.3 is 10.6 Å². The van der Waals surface area contributed by atoms with Crippen LogP contribution in [0.5, 0.6) is 0 Å². The number of likely N-dealkylation sites (tertiary alicyclic amines) is 1. The van der Waals surface area contributed by atoms with Crippen molar-refractivity contribution in [3.63, 3.8) is 0 Å². The molecular formula is C18H28N4. The van der Waals surface area contributed by atoms with E-state index < -0.39 is 0 Å². The minimum Gasteiger partial charge on any atom is -0.370 e. The number of nitrogens with two attached hydrogens (primary N) is 1.